The lowest BCUT2D eigenvalue weighted by Gasteiger charge is -2.10. The molecule has 0 spiro atoms. The van der Waals surface area contributed by atoms with E-state index in [1.807, 2.05) is 26.0 Å². The predicted octanol–water partition coefficient (Wildman–Crippen LogP) is 2.62. The highest BCUT2D eigenvalue weighted by Gasteiger charge is 2.18. The van der Waals surface area contributed by atoms with Crippen molar-refractivity contribution in [3.05, 3.63) is 29.8 Å². The van der Waals surface area contributed by atoms with E-state index in [0.717, 1.165) is 12.1 Å². The van der Waals surface area contributed by atoms with Gasteiger partial charge in [-0.15, -0.1) is 5.10 Å². The molecule has 0 aliphatic carbocycles. The van der Waals surface area contributed by atoms with Gasteiger partial charge in [0.2, 0.25) is 11.1 Å². The molecular formula is C16H23N5OS. The molecule has 1 aromatic carbocycles. The molecule has 0 fully saturated rings. The van der Waals surface area contributed by atoms with Gasteiger partial charge in [0.1, 0.15) is 0 Å². The van der Waals surface area contributed by atoms with Gasteiger partial charge < -0.3 is 5.32 Å². The molecule has 0 saturated heterocycles. The van der Waals surface area contributed by atoms with Gasteiger partial charge in [-0.05, 0) is 54.8 Å². The molecule has 1 unspecified atom stereocenters. The highest BCUT2D eigenvalue weighted by Crippen LogP contribution is 2.23. The summed E-state index contributed by atoms with van der Waals surface area (Å²) in [5.41, 5.74) is 2.22. The molecule has 1 N–H and O–H groups in total. The molecule has 0 aliphatic rings. The quantitative estimate of drug-likeness (QED) is 0.752. The number of unbranched alkanes of at least 4 members (excludes halogenated alkanes) is 1. The maximum atomic E-state index is 11.9. The predicted molar refractivity (Wildman–Crippen MR) is 91.8 cm³/mol. The fraction of sp³-hybridized carbons (Fsp3) is 0.500. The van der Waals surface area contributed by atoms with Gasteiger partial charge in [0.25, 0.3) is 0 Å². The number of carbonyl (C=O) groups is 1. The SMILES string of the molecule is CCCCc1ccc(-n2nnnc2SC(C)C(=O)NCC)cc1. The van der Waals surface area contributed by atoms with Crippen LogP contribution in [0.1, 0.15) is 39.2 Å². The van der Waals surface area contributed by atoms with E-state index >= 15 is 0 Å². The number of hydrogen-bond acceptors (Lipinski definition) is 5. The number of tetrazole rings is 1. The van der Waals surface area contributed by atoms with Crippen LogP contribution in [-0.4, -0.2) is 37.9 Å². The highest BCUT2D eigenvalue weighted by molar-refractivity contribution is 8.00. The summed E-state index contributed by atoms with van der Waals surface area (Å²) in [6.07, 6.45) is 3.46. The van der Waals surface area contributed by atoms with Crippen molar-refractivity contribution in [1.29, 1.82) is 0 Å². The molecule has 2 aromatic rings. The Morgan fingerprint density at radius 2 is 2.04 bits per heavy atom. The number of rotatable bonds is 8. The van der Waals surface area contributed by atoms with Crippen molar-refractivity contribution in [2.45, 2.75) is 50.4 Å². The molecule has 124 valence electrons. The number of carbonyl (C=O) groups excluding carboxylic acids is 1. The monoisotopic (exact) mass is 333 g/mol. The summed E-state index contributed by atoms with van der Waals surface area (Å²) in [7, 11) is 0. The molecule has 2 rings (SSSR count). The summed E-state index contributed by atoms with van der Waals surface area (Å²) in [5.74, 6) is -0.0121. The lowest BCUT2D eigenvalue weighted by molar-refractivity contribution is -0.120. The van der Waals surface area contributed by atoms with Crippen LogP contribution >= 0.6 is 11.8 Å². The van der Waals surface area contributed by atoms with Gasteiger partial charge >= 0.3 is 0 Å². The first kappa shape index (κ1) is 17.5. The summed E-state index contributed by atoms with van der Waals surface area (Å²) >= 11 is 1.35. The van der Waals surface area contributed by atoms with Crippen LogP contribution in [0.3, 0.4) is 0 Å². The van der Waals surface area contributed by atoms with Crippen molar-refractivity contribution in [2.75, 3.05) is 6.54 Å². The van der Waals surface area contributed by atoms with Crippen molar-refractivity contribution in [1.82, 2.24) is 25.5 Å². The van der Waals surface area contributed by atoms with E-state index in [-0.39, 0.29) is 11.2 Å². The number of thioether (sulfide) groups is 1. The van der Waals surface area contributed by atoms with Crippen LogP contribution in [-0.2, 0) is 11.2 Å². The molecule has 1 amide bonds. The van der Waals surface area contributed by atoms with Crippen LogP contribution in [0.25, 0.3) is 5.69 Å². The zero-order valence-electron chi connectivity index (χ0n) is 13.8. The third-order valence-corrected chi connectivity index (χ3v) is 4.48. The van der Waals surface area contributed by atoms with E-state index in [9.17, 15) is 4.79 Å². The van der Waals surface area contributed by atoms with Gasteiger partial charge in [0.05, 0.1) is 10.9 Å². The highest BCUT2D eigenvalue weighted by atomic mass is 32.2. The molecule has 0 radical (unpaired) electrons. The summed E-state index contributed by atoms with van der Waals surface area (Å²) in [5, 5.41) is 15.0. The van der Waals surface area contributed by atoms with Crippen LogP contribution in [0.4, 0.5) is 0 Å². The molecule has 23 heavy (non-hydrogen) atoms. The number of hydrogen-bond donors (Lipinski definition) is 1. The summed E-state index contributed by atoms with van der Waals surface area (Å²) in [6.45, 7) is 6.56. The third kappa shape index (κ3) is 4.79. The van der Waals surface area contributed by atoms with Crippen molar-refractivity contribution in [2.24, 2.45) is 0 Å². The second-order valence-corrected chi connectivity index (χ2v) is 6.61. The molecule has 1 atom stereocenters. The zero-order chi connectivity index (χ0) is 16.7. The van der Waals surface area contributed by atoms with Gasteiger partial charge in [-0.1, -0.05) is 37.2 Å². The minimum absolute atomic E-state index is 0.0121. The van der Waals surface area contributed by atoms with Gasteiger partial charge in [-0.25, -0.2) is 0 Å². The lowest BCUT2D eigenvalue weighted by Crippen LogP contribution is -2.30. The van der Waals surface area contributed by atoms with Crippen molar-refractivity contribution < 1.29 is 4.79 Å². The Morgan fingerprint density at radius 3 is 2.70 bits per heavy atom. The Morgan fingerprint density at radius 1 is 1.30 bits per heavy atom. The fourth-order valence-corrected chi connectivity index (χ4v) is 2.96. The standard InChI is InChI=1S/C16H23N5OS/c1-4-6-7-13-8-10-14(11-9-13)21-16(18-19-20-21)23-12(3)15(22)17-5-2/h8-12H,4-7H2,1-3H3,(H,17,22). The van der Waals surface area contributed by atoms with Crippen LogP contribution < -0.4 is 5.32 Å². The van der Waals surface area contributed by atoms with E-state index < -0.39 is 0 Å². The van der Waals surface area contributed by atoms with Gasteiger partial charge in [0, 0.05) is 6.54 Å². The largest absolute Gasteiger partial charge is 0.355 e. The minimum Gasteiger partial charge on any atom is -0.355 e. The van der Waals surface area contributed by atoms with E-state index in [0.29, 0.717) is 11.7 Å². The minimum atomic E-state index is -0.247. The summed E-state index contributed by atoms with van der Waals surface area (Å²) in [4.78, 5) is 11.9. The van der Waals surface area contributed by atoms with Crippen molar-refractivity contribution >= 4 is 17.7 Å². The van der Waals surface area contributed by atoms with Gasteiger partial charge in [-0.2, -0.15) is 4.68 Å². The number of nitrogens with one attached hydrogen (secondary N) is 1. The van der Waals surface area contributed by atoms with Crippen LogP contribution in [0.15, 0.2) is 29.4 Å². The topological polar surface area (TPSA) is 72.7 Å². The zero-order valence-corrected chi connectivity index (χ0v) is 14.6. The Balaban J connectivity index is 2.09. The van der Waals surface area contributed by atoms with E-state index in [2.05, 4.69) is 39.9 Å². The van der Waals surface area contributed by atoms with Crippen LogP contribution in [0.2, 0.25) is 0 Å². The number of aryl methyl sites for hydroxylation is 1. The number of benzene rings is 1. The number of amides is 1. The smallest absolute Gasteiger partial charge is 0.233 e. The van der Waals surface area contributed by atoms with Gasteiger partial charge in [0.15, 0.2) is 0 Å². The van der Waals surface area contributed by atoms with Crippen molar-refractivity contribution in [3.63, 3.8) is 0 Å². The molecule has 1 aromatic heterocycles. The fourth-order valence-electron chi connectivity index (χ4n) is 2.13. The number of nitrogens with zero attached hydrogens (tertiary/aromatic N) is 4. The van der Waals surface area contributed by atoms with Crippen LogP contribution in [0.5, 0.6) is 0 Å². The molecule has 0 bridgehead atoms. The van der Waals surface area contributed by atoms with E-state index in [4.69, 9.17) is 0 Å². The van der Waals surface area contributed by atoms with Gasteiger partial charge in [-0.3, -0.25) is 4.79 Å². The second kappa shape index (κ2) is 8.67. The molecule has 0 saturated carbocycles. The maximum absolute atomic E-state index is 11.9. The normalized spacial score (nSPS) is 12.1. The summed E-state index contributed by atoms with van der Waals surface area (Å²) < 4.78 is 1.67. The van der Waals surface area contributed by atoms with Crippen LogP contribution in [0, 0.1) is 0 Å². The first-order valence-electron chi connectivity index (χ1n) is 7.97. The molecular weight excluding hydrogens is 310 g/mol. The Hall–Kier alpha value is -1.89. The molecule has 0 aliphatic heterocycles. The first-order chi connectivity index (χ1) is 11.2. The third-order valence-electron chi connectivity index (χ3n) is 3.44. The lowest BCUT2D eigenvalue weighted by atomic mass is 10.1. The Kier molecular flexibility index (Phi) is 6.58. The van der Waals surface area contributed by atoms with E-state index in [1.165, 1.54) is 30.2 Å². The second-order valence-electron chi connectivity index (χ2n) is 5.30. The average molecular weight is 333 g/mol. The summed E-state index contributed by atoms with van der Waals surface area (Å²) in [6, 6.07) is 8.24. The maximum Gasteiger partial charge on any atom is 0.233 e. The number of aromatic nitrogens is 4. The molecule has 1 heterocycles. The first-order valence-corrected chi connectivity index (χ1v) is 8.85. The molecule has 6 nitrogen and oxygen atoms in total. The average Bonchev–Trinajstić information content (AvgIpc) is 3.01. The van der Waals surface area contributed by atoms with E-state index in [1.54, 1.807) is 4.68 Å². The van der Waals surface area contributed by atoms with Crippen molar-refractivity contribution in [3.8, 4) is 5.69 Å². The molecule has 7 heteroatoms. The Labute approximate surface area is 141 Å². The Bertz CT molecular complexity index is 626.